The van der Waals surface area contributed by atoms with E-state index in [4.69, 9.17) is 9.41 Å². The predicted molar refractivity (Wildman–Crippen MR) is 123 cm³/mol. The number of aryl methyl sites for hydroxylation is 2. The van der Waals surface area contributed by atoms with E-state index in [9.17, 15) is 0 Å². The van der Waals surface area contributed by atoms with Crippen LogP contribution < -0.4 is 10.6 Å². The van der Waals surface area contributed by atoms with Crippen molar-refractivity contribution in [3.63, 3.8) is 0 Å². The normalized spacial score (nSPS) is 16.2. The Bertz CT molecular complexity index is 533. The average Bonchev–Trinajstić information content (AvgIpc) is 2.95. The highest BCUT2D eigenvalue weighted by Crippen LogP contribution is 2.20. The third-order valence-electron chi connectivity index (χ3n) is 5.06. The number of nitrogens with zero attached hydrogens (tertiary/aromatic N) is 3. The number of halogens is 1. The van der Waals surface area contributed by atoms with E-state index in [0.717, 1.165) is 62.6 Å². The molecular weight excluding hydrogens is 453 g/mol. The van der Waals surface area contributed by atoms with Gasteiger partial charge < -0.3 is 15.1 Å². The first-order valence-electron chi connectivity index (χ1n) is 10.3. The highest BCUT2D eigenvalue weighted by Gasteiger charge is 2.20. The molecule has 0 amide bonds. The lowest BCUT2D eigenvalue weighted by Crippen LogP contribution is -2.39. The summed E-state index contributed by atoms with van der Waals surface area (Å²) in [6.07, 6.45) is 6.11. The molecule has 0 saturated carbocycles. The third-order valence-corrected chi connectivity index (χ3v) is 5.06. The summed E-state index contributed by atoms with van der Waals surface area (Å²) in [5.41, 5.74) is 1.01. The van der Waals surface area contributed by atoms with Crippen LogP contribution in [0.2, 0.25) is 0 Å². The molecule has 1 aliphatic rings. The first kappa shape index (κ1) is 24.2. The van der Waals surface area contributed by atoms with Crippen LogP contribution in [0.4, 0.5) is 0 Å². The minimum absolute atomic E-state index is 0. The molecule has 2 N–H and O–H groups in total. The van der Waals surface area contributed by atoms with E-state index in [2.05, 4.69) is 34.4 Å². The van der Waals surface area contributed by atoms with E-state index in [-0.39, 0.29) is 24.0 Å². The summed E-state index contributed by atoms with van der Waals surface area (Å²) < 4.78 is 5.71. The summed E-state index contributed by atoms with van der Waals surface area (Å²) in [4.78, 5) is 11.7. The van der Waals surface area contributed by atoms with Crippen molar-refractivity contribution in [2.24, 2.45) is 10.9 Å². The van der Waals surface area contributed by atoms with Crippen LogP contribution in [-0.4, -0.2) is 48.6 Å². The zero-order valence-electron chi connectivity index (χ0n) is 17.5. The van der Waals surface area contributed by atoms with E-state index >= 15 is 0 Å². The van der Waals surface area contributed by atoms with Gasteiger partial charge in [-0.25, -0.2) is 4.98 Å². The molecule has 7 heteroatoms. The molecule has 156 valence electrons. The summed E-state index contributed by atoms with van der Waals surface area (Å²) >= 11 is 0. The molecule has 0 spiro atoms. The fourth-order valence-corrected chi connectivity index (χ4v) is 3.27. The first-order chi connectivity index (χ1) is 12.6. The summed E-state index contributed by atoms with van der Waals surface area (Å²) in [6.45, 7) is 14.2. The van der Waals surface area contributed by atoms with Crippen LogP contribution in [0.3, 0.4) is 0 Å². The molecular formula is C20H38IN5O. The average molecular weight is 491 g/mol. The van der Waals surface area contributed by atoms with Crippen LogP contribution in [0.5, 0.6) is 0 Å². The van der Waals surface area contributed by atoms with Gasteiger partial charge in [-0.15, -0.1) is 24.0 Å². The van der Waals surface area contributed by atoms with Crippen molar-refractivity contribution in [2.75, 3.05) is 32.7 Å². The number of rotatable bonds is 9. The quantitative estimate of drug-likeness (QED) is 0.238. The largest absolute Gasteiger partial charge is 0.444 e. The van der Waals surface area contributed by atoms with Crippen LogP contribution in [0.15, 0.2) is 9.41 Å². The molecule has 1 saturated heterocycles. The van der Waals surface area contributed by atoms with Gasteiger partial charge in [0.25, 0.3) is 0 Å². The summed E-state index contributed by atoms with van der Waals surface area (Å²) in [6, 6.07) is 0. The Labute approximate surface area is 182 Å². The Balaban J connectivity index is 0.00000364. The molecule has 27 heavy (non-hydrogen) atoms. The van der Waals surface area contributed by atoms with Gasteiger partial charge in [0, 0.05) is 19.6 Å². The van der Waals surface area contributed by atoms with Crippen LogP contribution in [0.25, 0.3) is 0 Å². The summed E-state index contributed by atoms with van der Waals surface area (Å²) in [7, 11) is 0. The molecule has 0 bridgehead atoms. The third kappa shape index (κ3) is 8.81. The van der Waals surface area contributed by atoms with Crippen molar-refractivity contribution in [2.45, 2.75) is 66.3 Å². The summed E-state index contributed by atoms with van der Waals surface area (Å²) in [5, 5.41) is 6.81. The molecule has 0 radical (unpaired) electrons. The molecule has 1 aromatic heterocycles. The Morgan fingerprint density at radius 1 is 1.19 bits per heavy atom. The van der Waals surface area contributed by atoms with Crippen LogP contribution in [-0.2, 0) is 6.54 Å². The van der Waals surface area contributed by atoms with E-state index in [0.29, 0.717) is 5.92 Å². The van der Waals surface area contributed by atoms with Crippen molar-refractivity contribution in [1.82, 2.24) is 20.5 Å². The molecule has 1 aromatic rings. The molecule has 2 rings (SSSR count). The minimum Gasteiger partial charge on any atom is -0.444 e. The van der Waals surface area contributed by atoms with E-state index in [1.165, 1.54) is 32.1 Å². The van der Waals surface area contributed by atoms with Gasteiger partial charge in [0.15, 0.2) is 5.96 Å². The van der Waals surface area contributed by atoms with Crippen molar-refractivity contribution in [1.29, 1.82) is 0 Å². The number of unbranched alkanes of at least 4 members (excludes halogenated alkanes) is 2. The number of nitrogens with one attached hydrogen (secondary N) is 2. The molecule has 0 unspecified atom stereocenters. The molecule has 1 fully saturated rings. The standard InChI is InChI=1S/C20H37N5O.HI/c1-5-7-8-11-22-20(21-6-2)23-14-18-9-12-25(13-10-18)15-19-24-16(3)17(4)26-19;/h18H,5-15H2,1-4H3,(H2,21,22,23);1H. The maximum Gasteiger partial charge on any atom is 0.208 e. The number of hydrogen-bond donors (Lipinski definition) is 2. The molecule has 0 aliphatic carbocycles. The Morgan fingerprint density at radius 2 is 1.93 bits per heavy atom. The maximum absolute atomic E-state index is 5.71. The van der Waals surface area contributed by atoms with Gasteiger partial charge in [-0.3, -0.25) is 9.89 Å². The van der Waals surface area contributed by atoms with Gasteiger partial charge in [0.1, 0.15) is 5.76 Å². The van der Waals surface area contributed by atoms with Crippen LogP contribution in [0.1, 0.15) is 63.3 Å². The smallest absolute Gasteiger partial charge is 0.208 e. The van der Waals surface area contributed by atoms with Crippen molar-refractivity contribution in [3.8, 4) is 0 Å². The monoisotopic (exact) mass is 491 g/mol. The molecule has 2 heterocycles. The lowest BCUT2D eigenvalue weighted by atomic mass is 9.97. The second-order valence-electron chi connectivity index (χ2n) is 7.32. The first-order valence-corrected chi connectivity index (χ1v) is 10.3. The van der Waals surface area contributed by atoms with E-state index in [1.54, 1.807) is 0 Å². The number of guanidine groups is 1. The van der Waals surface area contributed by atoms with Gasteiger partial charge in [0.2, 0.25) is 5.89 Å². The fourth-order valence-electron chi connectivity index (χ4n) is 3.27. The molecule has 0 aromatic carbocycles. The number of aromatic nitrogens is 1. The topological polar surface area (TPSA) is 65.7 Å². The van der Waals surface area contributed by atoms with Gasteiger partial charge >= 0.3 is 0 Å². The number of piperidine rings is 1. The number of oxazole rings is 1. The molecule has 1 aliphatic heterocycles. The highest BCUT2D eigenvalue weighted by molar-refractivity contribution is 14.0. The van der Waals surface area contributed by atoms with Crippen molar-refractivity contribution >= 4 is 29.9 Å². The minimum atomic E-state index is 0. The van der Waals surface area contributed by atoms with Crippen LogP contribution in [0, 0.1) is 19.8 Å². The second-order valence-corrected chi connectivity index (χ2v) is 7.32. The van der Waals surface area contributed by atoms with Gasteiger partial charge in [-0.05, 0) is 59.0 Å². The number of likely N-dealkylation sites (tertiary alicyclic amines) is 1. The van der Waals surface area contributed by atoms with Gasteiger partial charge in [0.05, 0.1) is 12.2 Å². The predicted octanol–water partition coefficient (Wildman–Crippen LogP) is 3.87. The van der Waals surface area contributed by atoms with E-state index in [1.807, 2.05) is 13.8 Å². The Morgan fingerprint density at radius 3 is 2.52 bits per heavy atom. The summed E-state index contributed by atoms with van der Waals surface area (Å²) in [5.74, 6) is 3.43. The van der Waals surface area contributed by atoms with Crippen LogP contribution >= 0.6 is 24.0 Å². The lowest BCUT2D eigenvalue weighted by molar-refractivity contribution is 0.166. The molecule has 0 atom stereocenters. The van der Waals surface area contributed by atoms with E-state index < -0.39 is 0 Å². The Kier molecular flexibility index (Phi) is 12.0. The Hall–Kier alpha value is -0.830. The SMILES string of the molecule is CCCCCNC(=NCC1CCN(Cc2nc(C)c(C)o2)CC1)NCC.I. The maximum atomic E-state index is 5.71. The highest BCUT2D eigenvalue weighted by atomic mass is 127. The second kappa shape index (κ2) is 13.4. The lowest BCUT2D eigenvalue weighted by Gasteiger charge is -2.30. The van der Waals surface area contributed by atoms with Gasteiger partial charge in [-0.1, -0.05) is 19.8 Å². The van der Waals surface area contributed by atoms with Gasteiger partial charge in [-0.2, -0.15) is 0 Å². The zero-order chi connectivity index (χ0) is 18.8. The number of aliphatic imine (C=N–C) groups is 1. The van der Waals surface area contributed by atoms with Crippen molar-refractivity contribution < 1.29 is 4.42 Å². The fraction of sp³-hybridized carbons (Fsp3) is 0.800. The molecule has 6 nitrogen and oxygen atoms in total. The van der Waals surface area contributed by atoms with Crippen molar-refractivity contribution in [3.05, 3.63) is 17.3 Å². The number of hydrogen-bond acceptors (Lipinski definition) is 4. The zero-order valence-corrected chi connectivity index (χ0v) is 19.8.